The highest BCUT2D eigenvalue weighted by Crippen LogP contribution is 1.99. The molecule has 0 aromatic rings. The number of carbonyl (C=O) groups is 2. The second-order valence-corrected chi connectivity index (χ2v) is 4.76. The second-order valence-electron chi connectivity index (χ2n) is 4.76. The molecule has 0 aliphatic heterocycles. The Bertz CT molecular complexity index is 402. The van der Waals surface area contributed by atoms with Gasteiger partial charge in [-0.2, -0.15) is 0 Å². The molecule has 0 aromatic carbocycles. The fraction of sp³-hybridized carbons (Fsp3) is 0.667. The third-order valence-corrected chi connectivity index (χ3v) is 2.76. The molecule has 0 radical (unpaired) electrons. The lowest BCUT2D eigenvalue weighted by atomic mass is 10.1. The number of amides is 1. The van der Waals surface area contributed by atoms with E-state index in [0.717, 1.165) is 0 Å². The van der Waals surface area contributed by atoms with Gasteiger partial charge in [0.15, 0.2) is 11.9 Å². The molecule has 1 amide bonds. The number of hydrogen-bond acceptors (Lipinski definition) is 5. The van der Waals surface area contributed by atoms with E-state index in [-0.39, 0.29) is 17.8 Å². The molecule has 10 heteroatoms. The zero-order valence-electron chi connectivity index (χ0n) is 12.6. The Morgan fingerprint density at radius 2 is 1.50 bits per heavy atom. The molecular formula is C12H26N8O2. The van der Waals surface area contributed by atoms with E-state index in [2.05, 4.69) is 15.3 Å². The van der Waals surface area contributed by atoms with Crippen LogP contribution in [0.5, 0.6) is 0 Å². The number of rotatable bonds is 11. The van der Waals surface area contributed by atoms with Gasteiger partial charge in [0.2, 0.25) is 5.91 Å². The predicted octanol–water partition coefficient (Wildman–Crippen LogP) is -2.90. The summed E-state index contributed by atoms with van der Waals surface area (Å²) in [5.41, 5.74) is 26.5. The van der Waals surface area contributed by atoms with Crippen molar-refractivity contribution in [3.8, 4) is 0 Å². The van der Waals surface area contributed by atoms with Crippen LogP contribution in [0.1, 0.15) is 25.7 Å². The number of carbonyl (C=O) groups excluding carboxylic acids is 2. The average Bonchev–Trinajstić information content (AvgIpc) is 2.45. The Labute approximate surface area is 129 Å². The average molecular weight is 314 g/mol. The third-order valence-electron chi connectivity index (χ3n) is 2.76. The maximum atomic E-state index is 11.8. The molecular weight excluding hydrogens is 288 g/mol. The van der Waals surface area contributed by atoms with Gasteiger partial charge in [-0.15, -0.1) is 0 Å². The molecule has 10 nitrogen and oxygen atoms in total. The molecule has 2 unspecified atom stereocenters. The zero-order chi connectivity index (χ0) is 17.0. The highest BCUT2D eigenvalue weighted by Gasteiger charge is 2.17. The van der Waals surface area contributed by atoms with E-state index in [1.807, 2.05) is 0 Å². The van der Waals surface area contributed by atoms with Gasteiger partial charge in [0.25, 0.3) is 0 Å². The van der Waals surface area contributed by atoms with Gasteiger partial charge in [0.05, 0.1) is 12.1 Å². The molecule has 0 saturated carbocycles. The van der Waals surface area contributed by atoms with Crippen molar-refractivity contribution < 1.29 is 9.59 Å². The van der Waals surface area contributed by atoms with E-state index in [4.69, 9.17) is 28.7 Å². The predicted molar refractivity (Wildman–Crippen MR) is 85.8 cm³/mol. The molecule has 0 aliphatic carbocycles. The quantitative estimate of drug-likeness (QED) is 0.101. The van der Waals surface area contributed by atoms with E-state index in [9.17, 15) is 9.59 Å². The van der Waals surface area contributed by atoms with Crippen molar-refractivity contribution in [2.75, 3.05) is 13.1 Å². The topological polar surface area (TPSA) is 201 Å². The normalized spacial score (nSPS) is 12.8. The summed E-state index contributed by atoms with van der Waals surface area (Å²) in [6.07, 6.45) is 2.67. The molecule has 22 heavy (non-hydrogen) atoms. The van der Waals surface area contributed by atoms with Crippen molar-refractivity contribution in [1.82, 2.24) is 5.32 Å². The Morgan fingerprint density at radius 3 is 1.95 bits per heavy atom. The fourth-order valence-electron chi connectivity index (χ4n) is 1.63. The summed E-state index contributed by atoms with van der Waals surface area (Å²) in [6.45, 7) is 0.798. The third kappa shape index (κ3) is 10.4. The second kappa shape index (κ2) is 11.3. The van der Waals surface area contributed by atoms with Crippen molar-refractivity contribution in [3.05, 3.63) is 0 Å². The van der Waals surface area contributed by atoms with E-state index < -0.39 is 12.1 Å². The minimum absolute atomic E-state index is 0.000169. The van der Waals surface area contributed by atoms with Crippen LogP contribution in [-0.2, 0) is 9.59 Å². The molecule has 0 rings (SSSR count). The van der Waals surface area contributed by atoms with Crippen LogP contribution >= 0.6 is 0 Å². The van der Waals surface area contributed by atoms with Crippen molar-refractivity contribution in [2.45, 2.75) is 37.8 Å². The maximum absolute atomic E-state index is 11.8. The van der Waals surface area contributed by atoms with Gasteiger partial charge in [-0.1, -0.05) is 0 Å². The monoisotopic (exact) mass is 314 g/mol. The summed E-state index contributed by atoms with van der Waals surface area (Å²) in [5.74, 6) is -0.391. The van der Waals surface area contributed by atoms with E-state index >= 15 is 0 Å². The molecule has 11 N–H and O–H groups in total. The molecule has 0 saturated heterocycles. The molecule has 2 atom stereocenters. The zero-order valence-corrected chi connectivity index (χ0v) is 12.6. The van der Waals surface area contributed by atoms with Crippen LogP contribution in [0, 0.1) is 0 Å². The lowest BCUT2D eigenvalue weighted by Crippen LogP contribution is -2.46. The lowest BCUT2D eigenvalue weighted by molar-refractivity contribution is -0.125. The first-order valence-corrected chi connectivity index (χ1v) is 6.98. The summed E-state index contributed by atoms with van der Waals surface area (Å²) in [6, 6.07) is -1.32. The Kier molecular flexibility index (Phi) is 10.1. The highest BCUT2D eigenvalue weighted by molar-refractivity contribution is 5.84. The number of nitrogens with one attached hydrogen (secondary N) is 1. The summed E-state index contributed by atoms with van der Waals surface area (Å²) >= 11 is 0. The van der Waals surface area contributed by atoms with Crippen LogP contribution in [-0.4, -0.2) is 49.3 Å². The minimum Gasteiger partial charge on any atom is -0.370 e. The molecule has 0 fully saturated rings. The van der Waals surface area contributed by atoms with Gasteiger partial charge >= 0.3 is 0 Å². The molecule has 0 aliphatic rings. The Hall–Kier alpha value is -2.36. The van der Waals surface area contributed by atoms with Crippen molar-refractivity contribution in [2.24, 2.45) is 38.7 Å². The molecule has 0 bridgehead atoms. The van der Waals surface area contributed by atoms with Crippen molar-refractivity contribution in [1.29, 1.82) is 0 Å². The van der Waals surface area contributed by atoms with Gasteiger partial charge in [-0.05, 0) is 25.7 Å². The van der Waals surface area contributed by atoms with Crippen LogP contribution in [0.2, 0.25) is 0 Å². The van der Waals surface area contributed by atoms with Gasteiger partial charge in [0, 0.05) is 13.1 Å². The summed E-state index contributed by atoms with van der Waals surface area (Å²) < 4.78 is 0. The largest absolute Gasteiger partial charge is 0.370 e. The molecule has 0 spiro atoms. The number of guanidine groups is 2. The van der Waals surface area contributed by atoms with Crippen LogP contribution in [0.15, 0.2) is 9.98 Å². The smallest absolute Gasteiger partial charge is 0.237 e. The number of hydrogen-bond donors (Lipinski definition) is 6. The number of nitrogens with two attached hydrogens (primary N) is 5. The lowest BCUT2D eigenvalue weighted by Gasteiger charge is -2.16. The van der Waals surface area contributed by atoms with E-state index in [0.29, 0.717) is 45.1 Å². The Balaban J connectivity index is 4.05. The van der Waals surface area contributed by atoms with Gasteiger partial charge in [-0.25, -0.2) is 0 Å². The number of aldehydes is 1. The van der Waals surface area contributed by atoms with Gasteiger partial charge in [-0.3, -0.25) is 14.8 Å². The minimum atomic E-state index is -0.714. The number of nitrogens with zero attached hydrogens (tertiary/aromatic N) is 2. The van der Waals surface area contributed by atoms with Gasteiger partial charge in [0.1, 0.15) is 6.29 Å². The molecule has 0 aromatic heterocycles. The maximum Gasteiger partial charge on any atom is 0.237 e. The first kappa shape index (κ1) is 19.6. The summed E-state index contributed by atoms with van der Waals surface area (Å²) in [4.78, 5) is 30.4. The first-order valence-electron chi connectivity index (χ1n) is 6.98. The highest BCUT2D eigenvalue weighted by atomic mass is 16.2. The van der Waals surface area contributed by atoms with Crippen LogP contribution in [0.3, 0.4) is 0 Å². The summed E-state index contributed by atoms with van der Waals surface area (Å²) in [7, 11) is 0. The van der Waals surface area contributed by atoms with E-state index in [1.165, 1.54) is 0 Å². The Morgan fingerprint density at radius 1 is 1.00 bits per heavy atom. The standard InChI is InChI=1S/C12H26N8O2/c13-9(4-2-6-19-12(16)17)10(22)20-8(7-21)3-1-5-18-11(14)15/h7-9H,1-6,13H2,(H,20,22)(H4,14,15,18)(H4,16,17,19). The van der Waals surface area contributed by atoms with Crippen molar-refractivity contribution >= 4 is 24.1 Å². The van der Waals surface area contributed by atoms with Gasteiger partial charge < -0.3 is 38.8 Å². The first-order chi connectivity index (χ1) is 10.4. The number of aliphatic imine (C=N–C) groups is 2. The SMILES string of the molecule is NC(N)=NCCCC(C=O)NC(=O)C(N)CCCN=C(N)N. The van der Waals surface area contributed by atoms with Crippen LogP contribution in [0.25, 0.3) is 0 Å². The summed E-state index contributed by atoms with van der Waals surface area (Å²) in [5, 5.41) is 2.58. The molecule has 0 heterocycles. The van der Waals surface area contributed by atoms with Crippen molar-refractivity contribution in [3.63, 3.8) is 0 Å². The van der Waals surface area contributed by atoms with Crippen LogP contribution < -0.4 is 34.0 Å². The van der Waals surface area contributed by atoms with E-state index in [1.54, 1.807) is 0 Å². The van der Waals surface area contributed by atoms with Crippen LogP contribution in [0.4, 0.5) is 0 Å². The fourth-order valence-corrected chi connectivity index (χ4v) is 1.63. The molecule has 126 valence electrons.